The van der Waals surface area contributed by atoms with Crippen molar-refractivity contribution in [2.24, 2.45) is 0 Å². The Balaban J connectivity index is 2.21. The zero-order valence-corrected chi connectivity index (χ0v) is 11.5. The minimum Gasteiger partial charge on any atom is -0.305 e. The van der Waals surface area contributed by atoms with Crippen molar-refractivity contribution < 1.29 is 14.0 Å². The number of nitrogens with zero attached hydrogens (tertiary/aromatic N) is 1. The minimum atomic E-state index is -0.610. The molecule has 0 aromatic heterocycles. The number of carbonyl (C=O) groups is 2. The molecule has 0 bridgehead atoms. The number of halogens is 2. The molecular formula is C14H15ClFNO2. The Hall–Kier alpha value is -1.42. The molecule has 1 aliphatic heterocycles. The highest BCUT2D eigenvalue weighted by Gasteiger charge is 2.36. The highest BCUT2D eigenvalue weighted by Crippen LogP contribution is 2.33. The lowest BCUT2D eigenvalue weighted by atomic mass is 10.1. The summed E-state index contributed by atoms with van der Waals surface area (Å²) in [7, 11) is 0. The molecule has 0 N–H and O–H groups in total. The van der Waals surface area contributed by atoms with E-state index >= 15 is 0 Å². The first-order valence-electron chi connectivity index (χ1n) is 6.41. The lowest BCUT2D eigenvalue weighted by molar-refractivity contribution is -0.114. The van der Waals surface area contributed by atoms with Crippen molar-refractivity contribution in [2.45, 2.75) is 32.6 Å². The van der Waals surface area contributed by atoms with Gasteiger partial charge in [0.2, 0.25) is 0 Å². The lowest BCUT2D eigenvalue weighted by Gasteiger charge is -2.16. The Morgan fingerprint density at radius 3 is 2.63 bits per heavy atom. The molecule has 1 aromatic rings. The van der Waals surface area contributed by atoms with Gasteiger partial charge in [0, 0.05) is 6.54 Å². The third-order valence-corrected chi connectivity index (χ3v) is 3.54. The molecule has 0 saturated carbocycles. The Kier molecular flexibility index (Phi) is 4.20. The molecule has 0 unspecified atom stereocenters. The van der Waals surface area contributed by atoms with Crippen molar-refractivity contribution in [1.29, 1.82) is 0 Å². The largest absolute Gasteiger partial charge is 0.305 e. The number of carbonyl (C=O) groups excluding carboxylic acids is 2. The summed E-state index contributed by atoms with van der Waals surface area (Å²) in [5.41, 5.74) is 0.542. The first-order valence-corrected chi connectivity index (χ1v) is 6.79. The van der Waals surface area contributed by atoms with Crippen LogP contribution in [0.5, 0.6) is 0 Å². The summed E-state index contributed by atoms with van der Waals surface area (Å²) >= 11 is 5.64. The number of anilines is 1. The Morgan fingerprint density at radius 1 is 1.21 bits per heavy atom. The summed E-state index contributed by atoms with van der Waals surface area (Å²) in [6.45, 7) is 2.54. The average Bonchev–Trinajstić information content (AvgIpc) is 2.60. The van der Waals surface area contributed by atoms with E-state index in [2.05, 4.69) is 6.92 Å². The summed E-state index contributed by atoms with van der Waals surface area (Å²) < 4.78 is 13.5. The zero-order chi connectivity index (χ0) is 14.0. The Morgan fingerprint density at radius 2 is 1.95 bits per heavy atom. The van der Waals surface area contributed by atoms with Crippen LogP contribution in [-0.4, -0.2) is 18.2 Å². The van der Waals surface area contributed by atoms with Gasteiger partial charge in [-0.25, -0.2) is 4.39 Å². The molecule has 0 atom stereocenters. The summed E-state index contributed by atoms with van der Waals surface area (Å²) in [4.78, 5) is 25.0. The lowest BCUT2D eigenvalue weighted by Crippen LogP contribution is -2.30. The normalized spacial score (nSPS) is 14.2. The van der Waals surface area contributed by atoms with E-state index in [9.17, 15) is 14.0 Å². The van der Waals surface area contributed by atoms with E-state index in [1.807, 2.05) is 0 Å². The van der Waals surface area contributed by atoms with E-state index in [1.165, 1.54) is 17.0 Å². The number of Topliss-reactive ketones (excluding diaryl/α,β-unsaturated/α-hetero) is 1. The average molecular weight is 284 g/mol. The number of benzene rings is 1. The van der Waals surface area contributed by atoms with Crippen LogP contribution in [0.15, 0.2) is 12.1 Å². The monoisotopic (exact) mass is 283 g/mol. The van der Waals surface area contributed by atoms with Crippen LogP contribution in [0.4, 0.5) is 10.1 Å². The number of ketones is 1. The molecule has 2 rings (SSSR count). The predicted octanol–water partition coefficient (Wildman–Crippen LogP) is 3.59. The second-order valence-electron chi connectivity index (χ2n) is 4.63. The fraction of sp³-hybridized carbons (Fsp3) is 0.429. The van der Waals surface area contributed by atoms with Crippen molar-refractivity contribution >= 4 is 29.0 Å². The smallest absolute Gasteiger partial charge is 0.299 e. The molecule has 0 spiro atoms. The van der Waals surface area contributed by atoms with Gasteiger partial charge in [0.15, 0.2) is 0 Å². The maximum atomic E-state index is 13.5. The van der Waals surface area contributed by atoms with Gasteiger partial charge in [0.05, 0.1) is 16.3 Å². The Bertz CT molecular complexity index is 530. The number of rotatable bonds is 5. The molecule has 1 heterocycles. The minimum absolute atomic E-state index is 0.132. The fourth-order valence-electron chi connectivity index (χ4n) is 2.21. The van der Waals surface area contributed by atoms with Gasteiger partial charge in [0.25, 0.3) is 11.7 Å². The van der Waals surface area contributed by atoms with Crippen LogP contribution in [0.3, 0.4) is 0 Å². The maximum Gasteiger partial charge on any atom is 0.299 e. The molecule has 0 aliphatic carbocycles. The molecular weight excluding hydrogens is 269 g/mol. The van der Waals surface area contributed by atoms with Crippen molar-refractivity contribution in [3.05, 3.63) is 28.5 Å². The molecule has 19 heavy (non-hydrogen) atoms. The number of hydrogen-bond donors (Lipinski definition) is 0. The number of amides is 1. The van der Waals surface area contributed by atoms with Gasteiger partial charge >= 0.3 is 0 Å². The van der Waals surface area contributed by atoms with E-state index in [4.69, 9.17) is 11.6 Å². The van der Waals surface area contributed by atoms with Crippen molar-refractivity contribution in [3.63, 3.8) is 0 Å². The molecule has 5 heteroatoms. The van der Waals surface area contributed by atoms with Gasteiger partial charge in [-0.15, -0.1) is 0 Å². The van der Waals surface area contributed by atoms with Gasteiger partial charge in [-0.2, -0.15) is 0 Å². The van der Waals surface area contributed by atoms with E-state index in [0.29, 0.717) is 12.2 Å². The van der Waals surface area contributed by atoms with E-state index in [1.54, 1.807) is 0 Å². The number of hydrogen-bond acceptors (Lipinski definition) is 2. The third-order valence-electron chi connectivity index (χ3n) is 3.25. The van der Waals surface area contributed by atoms with Crippen molar-refractivity contribution in [2.75, 3.05) is 11.4 Å². The fourth-order valence-corrected chi connectivity index (χ4v) is 2.37. The van der Waals surface area contributed by atoms with Crippen LogP contribution in [0.2, 0.25) is 5.02 Å². The second kappa shape index (κ2) is 5.70. The number of fused-ring (bicyclic) bond motifs is 1. The molecule has 3 nitrogen and oxygen atoms in total. The zero-order valence-electron chi connectivity index (χ0n) is 10.7. The van der Waals surface area contributed by atoms with Crippen LogP contribution >= 0.6 is 11.6 Å². The van der Waals surface area contributed by atoms with Gasteiger partial charge in [-0.3, -0.25) is 9.59 Å². The van der Waals surface area contributed by atoms with Crippen molar-refractivity contribution in [1.82, 2.24) is 0 Å². The molecule has 102 valence electrons. The first-order chi connectivity index (χ1) is 9.06. The molecule has 1 aliphatic rings. The van der Waals surface area contributed by atoms with Crippen LogP contribution in [0.1, 0.15) is 43.0 Å². The second-order valence-corrected chi connectivity index (χ2v) is 5.04. The SMILES string of the molecule is CCCCCCN1C(=O)C(=O)c2cc(Cl)c(F)cc21. The van der Waals surface area contributed by atoms with Gasteiger partial charge in [-0.05, 0) is 18.6 Å². The number of unbranched alkanes of at least 4 members (excludes halogenated alkanes) is 3. The molecule has 0 saturated heterocycles. The summed E-state index contributed by atoms with van der Waals surface area (Å²) in [5, 5.41) is -0.132. The van der Waals surface area contributed by atoms with Crippen LogP contribution in [0.25, 0.3) is 0 Å². The molecule has 1 aromatic carbocycles. The highest BCUT2D eigenvalue weighted by molar-refractivity contribution is 6.52. The van der Waals surface area contributed by atoms with Crippen LogP contribution in [-0.2, 0) is 4.79 Å². The topological polar surface area (TPSA) is 37.4 Å². The van der Waals surface area contributed by atoms with E-state index in [0.717, 1.165) is 25.7 Å². The first kappa shape index (κ1) is 14.0. The van der Waals surface area contributed by atoms with Gasteiger partial charge < -0.3 is 4.90 Å². The third kappa shape index (κ3) is 2.63. The van der Waals surface area contributed by atoms with Crippen molar-refractivity contribution in [3.8, 4) is 0 Å². The molecule has 0 fully saturated rings. The summed E-state index contributed by atoms with van der Waals surface area (Å²) in [6.07, 6.45) is 3.96. The predicted molar refractivity (Wildman–Crippen MR) is 72.2 cm³/mol. The summed E-state index contributed by atoms with van der Waals surface area (Å²) in [6, 6.07) is 2.40. The van der Waals surface area contributed by atoms with E-state index < -0.39 is 17.5 Å². The van der Waals surface area contributed by atoms with Crippen LogP contribution < -0.4 is 4.90 Å². The standard InChI is InChI=1S/C14H15ClFNO2/c1-2-3-4-5-6-17-12-8-11(16)10(15)7-9(12)13(18)14(17)19/h7-8H,2-6H2,1H3. The summed E-state index contributed by atoms with van der Waals surface area (Å²) in [5.74, 6) is -1.80. The maximum absolute atomic E-state index is 13.5. The van der Waals surface area contributed by atoms with Crippen LogP contribution in [0, 0.1) is 5.82 Å². The Labute approximate surface area is 116 Å². The quantitative estimate of drug-likeness (QED) is 0.612. The highest BCUT2D eigenvalue weighted by atomic mass is 35.5. The molecule has 1 amide bonds. The van der Waals surface area contributed by atoms with Gasteiger partial charge in [-0.1, -0.05) is 37.8 Å². The molecule has 0 radical (unpaired) electrons. The van der Waals surface area contributed by atoms with E-state index in [-0.39, 0.29) is 10.6 Å². The van der Waals surface area contributed by atoms with Gasteiger partial charge in [0.1, 0.15) is 5.82 Å².